The molecule has 2 rings (SSSR count). The molecule has 0 aromatic carbocycles. The SMILES string of the molecule is CCC1(NC(C)C(=O)NC2CCCCC2)CCC1. The van der Waals surface area contributed by atoms with Gasteiger partial charge in [0.15, 0.2) is 0 Å². The van der Waals surface area contributed by atoms with E-state index in [2.05, 4.69) is 17.6 Å². The van der Waals surface area contributed by atoms with Crippen molar-refractivity contribution in [2.45, 2.75) is 89.3 Å². The summed E-state index contributed by atoms with van der Waals surface area (Å²) in [5.41, 5.74) is 0.253. The van der Waals surface area contributed by atoms with Gasteiger partial charge in [0.05, 0.1) is 6.04 Å². The number of carbonyl (C=O) groups is 1. The molecule has 104 valence electrons. The maximum Gasteiger partial charge on any atom is 0.237 e. The summed E-state index contributed by atoms with van der Waals surface area (Å²) >= 11 is 0. The van der Waals surface area contributed by atoms with Gasteiger partial charge in [-0.3, -0.25) is 4.79 Å². The van der Waals surface area contributed by atoms with E-state index in [4.69, 9.17) is 0 Å². The molecule has 0 aromatic rings. The highest BCUT2D eigenvalue weighted by Crippen LogP contribution is 2.35. The first-order valence-electron chi connectivity index (χ1n) is 7.73. The molecule has 0 aromatic heterocycles. The van der Waals surface area contributed by atoms with Crippen LogP contribution in [0.5, 0.6) is 0 Å². The Balaban J connectivity index is 1.77. The van der Waals surface area contributed by atoms with Crippen LogP contribution in [0.1, 0.15) is 71.6 Å². The van der Waals surface area contributed by atoms with Gasteiger partial charge in [0, 0.05) is 11.6 Å². The predicted octanol–water partition coefficient (Wildman–Crippen LogP) is 2.75. The van der Waals surface area contributed by atoms with Gasteiger partial charge in [0.2, 0.25) is 5.91 Å². The standard InChI is InChI=1S/C15H28N2O/c1-3-15(10-7-11-15)17-12(2)14(18)16-13-8-5-4-6-9-13/h12-13,17H,3-11H2,1-2H3,(H,16,18). The van der Waals surface area contributed by atoms with Crippen LogP contribution in [0.3, 0.4) is 0 Å². The Labute approximate surface area is 111 Å². The summed E-state index contributed by atoms with van der Waals surface area (Å²) in [5.74, 6) is 0.196. The number of nitrogens with one attached hydrogen (secondary N) is 2. The number of hydrogen-bond acceptors (Lipinski definition) is 2. The zero-order valence-electron chi connectivity index (χ0n) is 11.9. The Morgan fingerprint density at radius 3 is 2.39 bits per heavy atom. The first-order chi connectivity index (χ1) is 8.65. The molecule has 18 heavy (non-hydrogen) atoms. The van der Waals surface area contributed by atoms with Crippen molar-refractivity contribution in [3.8, 4) is 0 Å². The van der Waals surface area contributed by atoms with Crippen LogP contribution in [0.4, 0.5) is 0 Å². The van der Waals surface area contributed by atoms with Crippen LogP contribution in [0.25, 0.3) is 0 Å². The molecule has 1 unspecified atom stereocenters. The van der Waals surface area contributed by atoms with Gasteiger partial charge in [-0.15, -0.1) is 0 Å². The number of hydrogen-bond donors (Lipinski definition) is 2. The van der Waals surface area contributed by atoms with Crippen molar-refractivity contribution in [3.05, 3.63) is 0 Å². The second-order valence-corrected chi connectivity index (χ2v) is 6.20. The van der Waals surface area contributed by atoms with Crippen LogP contribution in [-0.2, 0) is 4.79 Å². The van der Waals surface area contributed by atoms with Crippen molar-refractivity contribution in [3.63, 3.8) is 0 Å². The fourth-order valence-electron chi connectivity index (χ4n) is 3.30. The van der Waals surface area contributed by atoms with E-state index in [1.54, 1.807) is 0 Å². The van der Waals surface area contributed by atoms with Gasteiger partial charge in [0.1, 0.15) is 0 Å². The monoisotopic (exact) mass is 252 g/mol. The van der Waals surface area contributed by atoms with Gasteiger partial charge in [-0.2, -0.15) is 0 Å². The minimum absolute atomic E-state index is 0.0489. The lowest BCUT2D eigenvalue weighted by atomic mass is 9.74. The summed E-state index contributed by atoms with van der Waals surface area (Å²) in [7, 11) is 0. The van der Waals surface area contributed by atoms with E-state index in [0.717, 1.165) is 19.3 Å². The predicted molar refractivity (Wildman–Crippen MR) is 74.5 cm³/mol. The van der Waals surface area contributed by atoms with Crippen molar-refractivity contribution >= 4 is 5.91 Å². The second-order valence-electron chi connectivity index (χ2n) is 6.20. The molecular weight excluding hydrogens is 224 g/mol. The molecule has 0 aliphatic heterocycles. The first kappa shape index (κ1) is 13.9. The summed E-state index contributed by atoms with van der Waals surface area (Å²) in [6.07, 6.45) is 11.1. The molecule has 0 heterocycles. The minimum atomic E-state index is -0.0489. The molecule has 2 aliphatic rings. The first-order valence-corrected chi connectivity index (χ1v) is 7.73. The van der Waals surface area contributed by atoms with Crippen molar-refractivity contribution in [1.82, 2.24) is 10.6 Å². The topological polar surface area (TPSA) is 41.1 Å². The molecule has 2 fully saturated rings. The molecule has 2 N–H and O–H groups in total. The molecule has 0 saturated heterocycles. The molecule has 2 aliphatic carbocycles. The highest BCUT2D eigenvalue weighted by molar-refractivity contribution is 5.81. The third-order valence-corrected chi connectivity index (χ3v) is 4.85. The summed E-state index contributed by atoms with van der Waals surface area (Å²) < 4.78 is 0. The van der Waals surface area contributed by atoms with Crippen LogP contribution < -0.4 is 10.6 Å². The Bertz CT molecular complexity index is 275. The van der Waals surface area contributed by atoms with Crippen molar-refractivity contribution in [2.75, 3.05) is 0 Å². The van der Waals surface area contributed by atoms with E-state index in [0.29, 0.717) is 6.04 Å². The molecule has 3 heteroatoms. The maximum atomic E-state index is 12.2. The molecule has 1 atom stereocenters. The highest BCUT2D eigenvalue weighted by atomic mass is 16.2. The largest absolute Gasteiger partial charge is 0.352 e. The quantitative estimate of drug-likeness (QED) is 0.790. The normalized spacial score (nSPS) is 25.2. The molecule has 0 bridgehead atoms. The van der Waals surface area contributed by atoms with Gasteiger partial charge >= 0.3 is 0 Å². The smallest absolute Gasteiger partial charge is 0.237 e. The van der Waals surface area contributed by atoms with Crippen LogP contribution in [0.2, 0.25) is 0 Å². The summed E-state index contributed by atoms with van der Waals surface area (Å²) in [4.78, 5) is 12.2. The Hall–Kier alpha value is -0.570. The van der Waals surface area contributed by atoms with E-state index < -0.39 is 0 Å². The van der Waals surface area contributed by atoms with Crippen LogP contribution in [0, 0.1) is 0 Å². The summed E-state index contributed by atoms with van der Waals surface area (Å²) in [6, 6.07) is 0.377. The lowest BCUT2D eigenvalue weighted by Crippen LogP contribution is -2.58. The zero-order chi connectivity index (χ0) is 13.0. The van der Waals surface area contributed by atoms with Crippen LogP contribution >= 0.6 is 0 Å². The number of amides is 1. The molecular formula is C15H28N2O. The van der Waals surface area contributed by atoms with Gasteiger partial charge < -0.3 is 10.6 Å². The zero-order valence-corrected chi connectivity index (χ0v) is 11.9. The number of rotatable bonds is 5. The second kappa shape index (κ2) is 6.05. The minimum Gasteiger partial charge on any atom is -0.352 e. The summed E-state index contributed by atoms with van der Waals surface area (Å²) in [5, 5.41) is 6.77. The van der Waals surface area contributed by atoms with E-state index in [9.17, 15) is 4.79 Å². The highest BCUT2D eigenvalue weighted by Gasteiger charge is 2.37. The van der Waals surface area contributed by atoms with Crippen LogP contribution in [0.15, 0.2) is 0 Å². The third-order valence-electron chi connectivity index (χ3n) is 4.85. The average molecular weight is 252 g/mol. The maximum absolute atomic E-state index is 12.2. The Morgan fingerprint density at radius 1 is 1.22 bits per heavy atom. The van der Waals surface area contributed by atoms with Crippen molar-refractivity contribution in [1.29, 1.82) is 0 Å². The summed E-state index contributed by atoms with van der Waals surface area (Å²) in [6.45, 7) is 4.23. The van der Waals surface area contributed by atoms with E-state index in [1.165, 1.54) is 38.5 Å². The van der Waals surface area contributed by atoms with E-state index in [-0.39, 0.29) is 17.5 Å². The third kappa shape index (κ3) is 3.25. The fraction of sp³-hybridized carbons (Fsp3) is 0.933. The fourth-order valence-corrected chi connectivity index (χ4v) is 3.30. The number of carbonyl (C=O) groups excluding carboxylic acids is 1. The van der Waals surface area contributed by atoms with Crippen molar-refractivity contribution in [2.24, 2.45) is 0 Å². The lowest BCUT2D eigenvalue weighted by Gasteiger charge is -2.44. The van der Waals surface area contributed by atoms with Gasteiger partial charge in [-0.1, -0.05) is 26.2 Å². The van der Waals surface area contributed by atoms with Gasteiger partial charge in [-0.25, -0.2) is 0 Å². The molecule has 3 nitrogen and oxygen atoms in total. The lowest BCUT2D eigenvalue weighted by molar-refractivity contribution is -0.124. The van der Waals surface area contributed by atoms with Crippen molar-refractivity contribution < 1.29 is 4.79 Å². The van der Waals surface area contributed by atoms with Crippen LogP contribution in [-0.4, -0.2) is 23.5 Å². The molecule has 0 spiro atoms. The molecule has 2 saturated carbocycles. The van der Waals surface area contributed by atoms with E-state index >= 15 is 0 Å². The molecule has 1 amide bonds. The Kier molecular flexibility index (Phi) is 4.66. The Morgan fingerprint density at radius 2 is 1.89 bits per heavy atom. The van der Waals surface area contributed by atoms with E-state index in [1.807, 2.05) is 6.92 Å². The molecule has 0 radical (unpaired) electrons. The van der Waals surface area contributed by atoms with Gasteiger partial charge in [0.25, 0.3) is 0 Å². The van der Waals surface area contributed by atoms with Gasteiger partial charge in [-0.05, 0) is 45.4 Å². The average Bonchev–Trinajstić information content (AvgIpc) is 2.34.